The van der Waals surface area contributed by atoms with Gasteiger partial charge in [-0.3, -0.25) is 9.59 Å². The van der Waals surface area contributed by atoms with Crippen molar-refractivity contribution >= 4 is 17.8 Å². The van der Waals surface area contributed by atoms with Crippen molar-refractivity contribution < 1.29 is 23.9 Å². The first-order valence-corrected chi connectivity index (χ1v) is 5.39. The maximum atomic E-state index is 13.0. The van der Waals surface area contributed by atoms with Crippen LogP contribution in [0, 0.1) is 12.7 Å². The van der Waals surface area contributed by atoms with Gasteiger partial charge < -0.3 is 16.2 Å². The summed E-state index contributed by atoms with van der Waals surface area (Å²) in [6, 6.07) is 2.21. The Balaban J connectivity index is 2.84. The number of carbonyl (C=O) groups excluding carboxylic acids is 2. The van der Waals surface area contributed by atoms with Crippen LogP contribution in [0.5, 0.6) is 0 Å². The Bertz CT molecular complexity index is 530. The van der Waals surface area contributed by atoms with Gasteiger partial charge in [-0.15, -0.1) is 0 Å². The monoisotopic (exact) mass is 268 g/mol. The quantitative estimate of drug-likeness (QED) is 0.708. The molecule has 0 saturated heterocycles. The molecule has 1 rings (SSSR count). The molecule has 0 fully saturated rings. The third kappa shape index (κ3) is 4.06. The molecule has 0 radical (unpaired) electrons. The SMILES string of the molecule is Cc1cc(C(=O)N[C@H](CC(N)=O)C(=O)O)ccc1F. The van der Waals surface area contributed by atoms with Crippen molar-refractivity contribution in [3.8, 4) is 0 Å². The molecule has 2 amide bonds. The molecule has 0 aliphatic rings. The maximum absolute atomic E-state index is 13.0. The molecule has 1 aromatic rings. The van der Waals surface area contributed by atoms with E-state index in [9.17, 15) is 18.8 Å². The van der Waals surface area contributed by atoms with Gasteiger partial charge in [0.2, 0.25) is 5.91 Å². The number of hydrogen-bond donors (Lipinski definition) is 3. The van der Waals surface area contributed by atoms with Gasteiger partial charge in [0, 0.05) is 5.56 Å². The summed E-state index contributed by atoms with van der Waals surface area (Å²) < 4.78 is 13.0. The smallest absolute Gasteiger partial charge is 0.326 e. The van der Waals surface area contributed by atoms with E-state index in [2.05, 4.69) is 5.32 Å². The van der Waals surface area contributed by atoms with E-state index in [0.717, 1.165) is 6.07 Å². The van der Waals surface area contributed by atoms with Gasteiger partial charge in [-0.25, -0.2) is 9.18 Å². The summed E-state index contributed by atoms with van der Waals surface area (Å²) in [5.74, 6) is -3.39. The highest BCUT2D eigenvalue weighted by Gasteiger charge is 2.22. The summed E-state index contributed by atoms with van der Waals surface area (Å²) in [5, 5.41) is 11.0. The summed E-state index contributed by atoms with van der Waals surface area (Å²) in [4.78, 5) is 33.3. The van der Waals surface area contributed by atoms with Gasteiger partial charge in [0.25, 0.3) is 5.91 Å². The maximum Gasteiger partial charge on any atom is 0.326 e. The van der Waals surface area contributed by atoms with Gasteiger partial charge in [-0.1, -0.05) is 0 Å². The Morgan fingerprint density at radius 2 is 2.05 bits per heavy atom. The Morgan fingerprint density at radius 1 is 1.42 bits per heavy atom. The number of carbonyl (C=O) groups is 3. The summed E-state index contributed by atoms with van der Waals surface area (Å²) in [7, 11) is 0. The van der Waals surface area contributed by atoms with Crippen LogP contribution in [0.15, 0.2) is 18.2 Å². The second-order valence-corrected chi connectivity index (χ2v) is 4.00. The zero-order valence-electron chi connectivity index (χ0n) is 10.1. The van der Waals surface area contributed by atoms with Crippen molar-refractivity contribution in [3.63, 3.8) is 0 Å². The fourth-order valence-corrected chi connectivity index (χ4v) is 1.43. The average molecular weight is 268 g/mol. The molecule has 0 aromatic heterocycles. The molecule has 19 heavy (non-hydrogen) atoms. The van der Waals surface area contributed by atoms with E-state index in [1.807, 2.05) is 0 Å². The number of nitrogens with one attached hydrogen (secondary N) is 1. The molecule has 0 aliphatic carbocycles. The Labute approximate surface area is 108 Å². The highest BCUT2D eigenvalue weighted by Crippen LogP contribution is 2.09. The lowest BCUT2D eigenvalue weighted by molar-refractivity contribution is -0.140. The summed E-state index contributed by atoms with van der Waals surface area (Å²) in [6.07, 6.45) is -0.513. The van der Waals surface area contributed by atoms with E-state index in [0.29, 0.717) is 0 Å². The van der Waals surface area contributed by atoms with Crippen molar-refractivity contribution in [2.45, 2.75) is 19.4 Å². The molecule has 0 bridgehead atoms. The zero-order valence-corrected chi connectivity index (χ0v) is 10.1. The number of primary amides is 1. The number of hydrogen-bond acceptors (Lipinski definition) is 3. The lowest BCUT2D eigenvalue weighted by Gasteiger charge is -2.13. The van der Waals surface area contributed by atoms with Crippen molar-refractivity contribution in [1.29, 1.82) is 0 Å². The van der Waals surface area contributed by atoms with Crippen LogP contribution in [0.25, 0.3) is 0 Å². The first kappa shape index (κ1) is 14.6. The number of aliphatic carboxylic acids is 1. The fourth-order valence-electron chi connectivity index (χ4n) is 1.43. The van der Waals surface area contributed by atoms with Crippen LogP contribution in [0.4, 0.5) is 4.39 Å². The predicted octanol–water partition coefficient (Wildman–Crippen LogP) is 0.193. The van der Waals surface area contributed by atoms with E-state index in [4.69, 9.17) is 10.8 Å². The lowest BCUT2D eigenvalue weighted by Crippen LogP contribution is -2.43. The Kier molecular flexibility index (Phi) is 4.57. The van der Waals surface area contributed by atoms with E-state index in [1.54, 1.807) is 0 Å². The van der Waals surface area contributed by atoms with Crippen LogP contribution in [-0.4, -0.2) is 28.9 Å². The minimum Gasteiger partial charge on any atom is -0.480 e. The largest absolute Gasteiger partial charge is 0.480 e. The van der Waals surface area contributed by atoms with E-state index >= 15 is 0 Å². The van der Waals surface area contributed by atoms with Crippen LogP contribution in [0.1, 0.15) is 22.3 Å². The molecule has 0 saturated carbocycles. The third-order valence-corrected chi connectivity index (χ3v) is 2.43. The number of halogens is 1. The molecule has 1 aromatic carbocycles. The minimum atomic E-state index is -1.41. The van der Waals surface area contributed by atoms with Gasteiger partial charge >= 0.3 is 5.97 Å². The second-order valence-electron chi connectivity index (χ2n) is 4.00. The van der Waals surface area contributed by atoms with Crippen molar-refractivity contribution in [3.05, 3.63) is 35.1 Å². The minimum absolute atomic E-state index is 0.106. The van der Waals surface area contributed by atoms with Crippen molar-refractivity contribution in [2.75, 3.05) is 0 Å². The standard InChI is InChI=1S/C12H13FN2O4/c1-6-4-7(2-3-8(6)13)11(17)15-9(12(18)19)5-10(14)16/h2-4,9H,5H2,1H3,(H2,14,16)(H,15,17)(H,18,19)/t9-/m1/s1. The second kappa shape index (κ2) is 5.94. The van der Waals surface area contributed by atoms with Crippen LogP contribution in [-0.2, 0) is 9.59 Å². The van der Waals surface area contributed by atoms with Crippen LogP contribution in [0.2, 0.25) is 0 Å². The molecular weight excluding hydrogens is 255 g/mol. The van der Waals surface area contributed by atoms with Gasteiger partial charge in [-0.05, 0) is 30.7 Å². The van der Waals surface area contributed by atoms with Crippen molar-refractivity contribution in [1.82, 2.24) is 5.32 Å². The molecule has 0 heterocycles. The normalized spacial score (nSPS) is 11.7. The Morgan fingerprint density at radius 3 is 2.53 bits per heavy atom. The number of rotatable bonds is 5. The number of benzene rings is 1. The summed E-state index contributed by atoms with van der Waals surface area (Å²) >= 11 is 0. The first-order valence-electron chi connectivity index (χ1n) is 5.39. The fraction of sp³-hybridized carbons (Fsp3) is 0.250. The summed E-state index contributed by atoms with van der Waals surface area (Å²) in [5.41, 5.74) is 5.25. The molecule has 1 atom stereocenters. The molecule has 0 aliphatic heterocycles. The predicted molar refractivity (Wildman–Crippen MR) is 63.8 cm³/mol. The van der Waals surface area contributed by atoms with Gasteiger partial charge in [0.05, 0.1) is 6.42 Å². The zero-order chi connectivity index (χ0) is 14.6. The first-order chi connectivity index (χ1) is 8.81. The van der Waals surface area contributed by atoms with Crippen LogP contribution in [0.3, 0.4) is 0 Å². The molecule has 6 nitrogen and oxygen atoms in total. The summed E-state index contributed by atoms with van der Waals surface area (Å²) in [6.45, 7) is 1.48. The van der Waals surface area contributed by atoms with E-state index in [-0.39, 0.29) is 11.1 Å². The number of nitrogens with two attached hydrogens (primary N) is 1. The highest BCUT2D eigenvalue weighted by molar-refractivity contribution is 5.97. The third-order valence-electron chi connectivity index (χ3n) is 2.43. The topological polar surface area (TPSA) is 109 Å². The molecule has 0 spiro atoms. The molecular formula is C12H13FN2O4. The van der Waals surface area contributed by atoms with E-state index in [1.165, 1.54) is 19.1 Å². The molecule has 102 valence electrons. The van der Waals surface area contributed by atoms with Gasteiger partial charge in [0.15, 0.2) is 0 Å². The van der Waals surface area contributed by atoms with Crippen LogP contribution < -0.4 is 11.1 Å². The average Bonchev–Trinajstić information content (AvgIpc) is 2.31. The number of carboxylic acids is 1. The van der Waals surface area contributed by atoms with Crippen LogP contribution >= 0.6 is 0 Å². The Hall–Kier alpha value is -2.44. The number of amides is 2. The molecule has 7 heteroatoms. The van der Waals surface area contributed by atoms with Crippen molar-refractivity contribution in [2.24, 2.45) is 5.73 Å². The highest BCUT2D eigenvalue weighted by atomic mass is 19.1. The number of aryl methyl sites for hydroxylation is 1. The molecule has 0 unspecified atom stereocenters. The lowest BCUT2D eigenvalue weighted by atomic mass is 10.1. The van der Waals surface area contributed by atoms with Gasteiger partial charge in [0.1, 0.15) is 11.9 Å². The van der Waals surface area contributed by atoms with Gasteiger partial charge in [-0.2, -0.15) is 0 Å². The number of carboxylic acid groups (broad SMARTS) is 1. The van der Waals surface area contributed by atoms with E-state index < -0.39 is 36.1 Å². The molecule has 4 N–H and O–H groups in total.